The van der Waals surface area contributed by atoms with E-state index in [1.54, 1.807) is 11.9 Å². The summed E-state index contributed by atoms with van der Waals surface area (Å²) in [5, 5.41) is 10.7. The minimum atomic E-state index is -0.600. The molecule has 1 rings (SSSR count). The van der Waals surface area contributed by atoms with Crippen LogP contribution in [0.4, 0.5) is 5.69 Å². The number of carbonyl (C=O) groups excluding carboxylic acids is 1. The van der Waals surface area contributed by atoms with Crippen molar-refractivity contribution in [3.8, 4) is 0 Å². The molecule has 0 N–H and O–H groups in total. The Morgan fingerprint density at radius 2 is 2.11 bits per heavy atom. The highest BCUT2D eigenvalue weighted by Crippen LogP contribution is 2.21. The van der Waals surface area contributed by atoms with Gasteiger partial charge in [-0.1, -0.05) is 25.4 Å². The lowest BCUT2D eigenvalue weighted by molar-refractivity contribution is -0.385. The molecular weight excluding hydrogens is 270 g/mol. The molecule has 0 aliphatic heterocycles. The summed E-state index contributed by atoms with van der Waals surface area (Å²) in [5.74, 6) is -0.352. The molecule has 1 amide bonds. The Balaban J connectivity index is 3.11. The molecule has 0 saturated heterocycles. The second-order valence-electron chi connectivity index (χ2n) is 4.18. The van der Waals surface area contributed by atoms with Crippen molar-refractivity contribution < 1.29 is 9.72 Å². The largest absolute Gasteiger partial charge is 0.339 e. The van der Waals surface area contributed by atoms with Crippen molar-refractivity contribution in [3.05, 3.63) is 33.1 Å². The Labute approximate surface area is 116 Å². The zero-order chi connectivity index (χ0) is 14.6. The Kier molecular flexibility index (Phi) is 5.23. The monoisotopic (exact) mass is 285 g/mol. The maximum Gasteiger partial charge on any atom is 0.288 e. The zero-order valence-electron chi connectivity index (χ0n) is 11.1. The van der Waals surface area contributed by atoms with Crippen LogP contribution >= 0.6 is 11.6 Å². The number of nitrogens with zero attached hydrogens (tertiary/aromatic N) is 3. The summed E-state index contributed by atoms with van der Waals surface area (Å²) in [6.45, 7) is 3.95. The highest BCUT2D eigenvalue weighted by atomic mass is 35.5. The molecule has 0 radical (unpaired) electrons. The third-order valence-corrected chi connectivity index (χ3v) is 3.38. The Morgan fingerprint density at radius 1 is 1.53 bits per heavy atom. The van der Waals surface area contributed by atoms with Gasteiger partial charge in [0.05, 0.1) is 10.5 Å². The van der Waals surface area contributed by atoms with E-state index < -0.39 is 4.92 Å². The van der Waals surface area contributed by atoms with Crippen molar-refractivity contribution in [2.45, 2.75) is 32.7 Å². The molecule has 0 unspecified atom stereocenters. The molecule has 1 aromatic heterocycles. The molecule has 0 saturated carbocycles. The van der Waals surface area contributed by atoms with Crippen LogP contribution in [0.3, 0.4) is 0 Å². The lowest BCUT2D eigenvalue weighted by atomic mass is 10.1. The van der Waals surface area contributed by atoms with Gasteiger partial charge < -0.3 is 4.90 Å². The van der Waals surface area contributed by atoms with E-state index in [1.165, 1.54) is 0 Å². The standard InChI is InChI=1S/C12H16ClN3O3/c1-4-8(5-2)15(3)12(17)10-6-9(16(18)19)7-14-11(10)13/h6-8H,4-5H2,1-3H3. The SMILES string of the molecule is CCC(CC)N(C)C(=O)c1cc([N+](=O)[O-])cnc1Cl. The lowest BCUT2D eigenvalue weighted by Gasteiger charge is -2.26. The van der Waals surface area contributed by atoms with Crippen LogP contribution in [0.1, 0.15) is 37.0 Å². The van der Waals surface area contributed by atoms with Crippen LogP contribution < -0.4 is 0 Å². The molecule has 0 spiro atoms. The number of aromatic nitrogens is 1. The average Bonchev–Trinajstić information content (AvgIpc) is 2.39. The van der Waals surface area contributed by atoms with Crippen molar-refractivity contribution in [1.29, 1.82) is 0 Å². The molecule has 104 valence electrons. The summed E-state index contributed by atoms with van der Waals surface area (Å²) in [7, 11) is 1.66. The number of pyridine rings is 1. The van der Waals surface area contributed by atoms with Gasteiger partial charge in [0.2, 0.25) is 0 Å². The first-order valence-electron chi connectivity index (χ1n) is 5.99. The molecule has 0 atom stereocenters. The number of hydrogen-bond donors (Lipinski definition) is 0. The Morgan fingerprint density at radius 3 is 2.58 bits per heavy atom. The van der Waals surface area contributed by atoms with Gasteiger partial charge in [-0.15, -0.1) is 0 Å². The summed E-state index contributed by atoms with van der Waals surface area (Å²) in [6, 6.07) is 1.24. The van der Waals surface area contributed by atoms with E-state index >= 15 is 0 Å². The van der Waals surface area contributed by atoms with E-state index in [9.17, 15) is 14.9 Å². The molecule has 0 aliphatic rings. The molecular formula is C12H16ClN3O3. The van der Waals surface area contributed by atoms with Crippen LogP contribution in [0.15, 0.2) is 12.3 Å². The van der Waals surface area contributed by atoms with E-state index in [1.807, 2.05) is 13.8 Å². The number of amides is 1. The van der Waals surface area contributed by atoms with Crippen molar-refractivity contribution >= 4 is 23.2 Å². The predicted octanol–water partition coefficient (Wildman–Crippen LogP) is 2.90. The van der Waals surface area contributed by atoms with Gasteiger partial charge in [0.1, 0.15) is 11.3 Å². The smallest absolute Gasteiger partial charge is 0.288 e. The maximum atomic E-state index is 12.3. The summed E-state index contributed by atoms with van der Waals surface area (Å²) in [5.41, 5.74) is -0.184. The second-order valence-corrected chi connectivity index (χ2v) is 4.53. The van der Waals surface area contributed by atoms with Crippen molar-refractivity contribution in [1.82, 2.24) is 9.88 Å². The molecule has 1 heterocycles. The highest BCUT2D eigenvalue weighted by Gasteiger charge is 2.23. The maximum absolute atomic E-state index is 12.3. The summed E-state index contributed by atoms with van der Waals surface area (Å²) in [6.07, 6.45) is 2.65. The van der Waals surface area contributed by atoms with Crippen molar-refractivity contribution in [2.24, 2.45) is 0 Å². The van der Waals surface area contributed by atoms with Gasteiger partial charge in [0.15, 0.2) is 0 Å². The summed E-state index contributed by atoms with van der Waals surface area (Å²) < 4.78 is 0. The molecule has 6 nitrogen and oxygen atoms in total. The topological polar surface area (TPSA) is 76.3 Å². The fourth-order valence-corrected chi connectivity index (χ4v) is 2.06. The Hall–Kier alpha value is -1.69. The van der Waals surface area contributed by atoms with Gasteiger partial charge in [-0.2, -0.15) is 0 Å². The minimum Gasteiger partial charge on any atom is -0.339 e. The number of halogens is 1. The highest BCUT2D eigenvalue weighted by molar-refractivity contribution is 6.32. The molecule has 1 aromatic rings. The van der Waals surface area contributed by atoms with Gasteiger partial charge in [-0.05, 0) is 12.8 Å². The number of carbonyl (C=O) groups is 1. The third-order valence-electron chi connectivity index (χ3n) is 3.08. The first-order valence-corrected chi connectivity index (χ1v) is 6.37. The fourth-order valence-electron chi connectivity index (χ4n) is 1.88. The molecule has 7 heteroatoms. The van der Waals surface area contributed by atoms with Gasteiger partial charge in [-0.3, -0.25) is 14.9 Å². The van der Waals surface area contributed by atoms with Crippen LogP contribution in [0.5, 0.6) is 0 Å². The minimum absolute atomic E-state index is 0.0200. The normalized spacial score (nSPS) is 10.6. The molecule has 0 fully saturated rings. The first-order chi connectivity index (χ1) is 8.92. The Bertz CT molecular complexity index is 489. The average molecular weight is 286 g/mol. The van der Waals surface area contributed by atoms with Gasteiger partial charge in [0.25, 0.3) is 11.6 Å². The van der Waals surface area contributed by atoms with Gasteiger partial charge >= 0.3 is 0 Å². The van der Waals surface area contributed by atoms with E-state index in [2.05, 4.69) is 4.98 Å². The number of nitro groups is 1. The van der Waals surface area contributed by atoms with E-state index in [0.717, 1.165) is 25.1 Å². The van der Waals surface area contributed by atoms with Crippen LogP contribution in [-0.4, -0.2) is 33.8 Å². The lowest BCUT2D eigenvalue weighted by Crippen LogP contribution is -2.36. The second kappa shape index (κ2) is 6.47. The van der Waals surface area contributed by atoms with Gasteiger partial charge in [0, 0.05) is 19.2 Å². The van der Waals surface area contributed by atoms with Crippen LogP contribution in [0.2, 0.25) is 5.15 Å². The van der Waals surface area contributed by atoms with Crippen molar-refractivity contribution in [2.75, 3.05) is 7.05 Å². The van der Waals surface area contributed by atoms with Crippen LogP contribution in [-0.2, 0) is 0 Å². The first kappa shape index (κ1) is 15.4. The van der Waals surface area contributed by atoms with Crippen LogP contribution in [0.25, 0.3) is 0 Å². The van der Waals surface area contributed by atoms with E-state index in [-0.39, 0.29) is 28.4 Å². The predicted molar refractivity (Wildman–Crippen MR) is 72.4 cm³/mol. The summed E-state index contributed by atoms with van der Waals surface area (Å²) in [4.78, 5) is 27.6. The fraction of sp³-hybridized carbons (Fsp3) is 0.500. The zero-order valence-corrected chi connectivity index (χ0v) is 11.8. The molecule has 0 bridgehead atoms. The van der Waals surface area contributed by atoms with Crippen LogP contribution in [0, 0.1) is 10.1 Å². The number of hydrogen-bond acceptors (Lipinski definition) is 4. The quantitative estimate of drug-likeness (QED) is 0.473. The van der Waals surface area contributed by atoms with E-state index in [4.69, 9.17) is 11.6 Å². The van der Waals surface area contributed by atoms with E-state index in [0.29, 0.717) is 0 Å². The molecule has 0 aliphatic carbocycles. The molecule has 0 aromatic carbocycles. The van der Waals surface area contributed by atoms with Crippen molar-refractivity contribution in [3.63, 3.8) is 0 Å². The van der Waals surface area contributed by atoms with Gasteiger partial charge in [-0.25, -0.2) is 4.98 Å². The summed E-state index contributed by atoms with van der Waals surface area (Å²) >= 11 is 5.85. The number of rotatable bonds is 5. The molecule has 19 heavy (non-hydrogen) atoms. The third kappa shape index (κ3) is 3.41.